The number of nitrogens with zero attached hydrogens (tertiary/aromatic N) is 2. The monoisotopic (exact) mass is 404 g/mol. The Morgan fingerprint density at radius 2 is 1.96 bits per heavy atom. The normalized spacial score (nSPS) is 16.5. The van der Waals surface area contributed by atoms with Crippen LogP contribution >= 0.6 is 0 Å². The molecule has 1 aliphatic carbocycles. The van der Waals surface area contributed by atoms with Crippen LogP contribution in [0.25, 0.3) is 0 Å². The molecule has 0 saturated heterocycles. The fourth-order valence-electron chi connectivity index (χ4n) is 3.16. The van der Waals surface area contributed by atoms with Gasteiger partial charge < -0.3 is 10.0 Å². The molecule has 1 amide bonds. The van der Waals surface area contributed by atoms with Crippen LogP contribution in [-0.2, 0) is 19.4 Å². The maximum atomic E-state index is 14.7. The second kappa shape index (κ2) is 7.16. The molecule has 146 valence electrons. The van der Waals surface area contributed by atoms with Crippen molar-refractivity contribution in [2.45, 2.75) is 24.7 Å². The quantitative estimate of drug-likeness (QED) is 0.734. The van der Waals surface area contributed by atoms with E-state index < -0.39 is 33.0 Å². The SMILES string of the molecule is CC1=C(CC(=O)O)C2=C(S(=O)(=O)c3ccc(N(C)C=O)cc3)C(F)=CCC2=N1. The molecular formula is C19H17FN2O5S. The first kappa shape index (κ1) is 19.7. The average Bonchev–Trinajstić information content (AvgIpc) is 2.96. The molecule has 1 N–H and O–H groups in total. The lowest BCUT2D eigenvalue weighted by Gasteiger charge is -2.19. The van der Waals surface area contributed by atoms with E-state index in [1.54, 1.807) is 6.92 Å². The van der Waals surface area contributed by atoms with Crippen molar-refractivity contribution in [1.29, 1.82) is 0 Å². The van der Waals surface area contributed by atoms with Gasteiger partial charge in [-0.3, -0.25) is 14.6 Å². The maximum Gasteiger partial charge on any atom is 0.307 e. The van der Waals surface area contributed by atoms with Gasteiger partial charge in [-0.1, -0.05) is 0 Å². The number of aliphatic carboxylic acids is 1. The van der Waals surface area contributed by atoms with Gasteiger partial charge in [0, 0.05) is 30.4 Å². The lowest BCUT2D eigenvalue weighted by molar-refractivity contribution is -0.136. The van der Waals surface area contributed by atoms with Gasteiger partial charge in [0.1, 0.15) is 10.7 Å². The molecule has 0 bridgehead atoms. The highest BCUT2D eigenvalue weighted by Crippen LogP contribution is 2.41. The summed E-state index contributed by atoms with van der Waals surface area (Å²) in [6.07, 6.45) is 1.33. The van der Waals surface area contributed by atoms with Gasteiger partial charge in [-0.2, -0.15) is 0 Å². The molecule has 3 rings (SSSR count). The Bertz CT molecular complexity index is 1100. The number of carbonyl (C=O) groups excluding carboxylic acids is 1. The van der Waals surface area contributed by atoms with Crippen molar-refractivity contribution in [3.8, 4) is 0 Å². The van der Waals surface area contributed by atoms with Crippen LogP contribution in [-0.4, -0.2) is 38.7 Å². The first-order valence-corrected chi connectivity index (χ1v) is 9.78. The summed E-state index contributed by atoms with van der Waals surface area (Å²) in [7, 11) is -2.77. The summed E-state index contributed by atoms with van der Waals surface area (Å²) < 4.78 is 41.1. The molecule has 28 heavy (non-hydrogen) atoms. The van der Waals surface area contributed by atoms with Gasteiger partial charge in [0.2, 0.25) is 16.2 Å². The highest BCUT2D eigenvalue weighted by atomic mass is 32.2. The number of allylic oxidation sites excluding steroid dienone is 4. The van der Waals surface area contributed by atoms with Gasteiger partial charge in [-0.05, 0) is 42.8 Å². The molecule has 1 aliphatic heterocycles. The molecule has 2 aliphatic rings. The maximum absolute atomic E-state index is 14.7. The third kappa shape index (κ3) is 3.29. The van der Waals surface area contributed by atoms with Crippen LogP contribution in [0.1, 0.15) is 19.8 Å². The number of hydrogen-bond acceptors (Lipinski definition) is 5. The standard InChI is InChI=1S/C19H17FN2O5S/c1-11-14(9-17(24)25)18-16(21-11)8-7-15(20)19(18)28(26,27)13-5-3-12(4-6-13)22(2)10-23/h3-7,10H,8-9H2,1-2H3,(H,24,25). The van der Waals surface area contributed by atoms with Gasteiger partial charge in [-0.25, -0.2) is 12.8 Å². The van der Waals surface area contributed by atoms with E-state index in [4.69, 9.17) is 5.11 Å². The zero-order valence-electron chi connectivity index (χ0n) is 15.1. The number of carboxylic acids is 1. The second-order valence-electron chi connectivity index (χ2n) is 6.37. The summed E-state index contributed by atoms with van der Waals surface area (Å²) in [4.78, 5) is 26.8. The summed E-state index contributed by atoms with van der Waals surface area (Å²) in [6, 6.07) is 5.42. The third-order valence-corrected chi connectivity index (χ3v) is 6.39. The number of sulfone groups is 1. The Morgan fingerprint density at radius 3 is 2.54 bits per heavy atom. The summed E-state index contributed by atoms with van der Waals surface area (Å²) in [5.41, 5.74) is 1.41. The number of amides is 1. The predicted molar refractivity (Wildman–Crippen MR) is 101 cm³/mol. The van der Waals surface area contributed by atoms with Crippen LogP contribution < -0.4 is 4.90 Å². The molecule has 0 fully saturated rings. The number of benzene rings is 1. The molecule has 0 unspecified atom stereocenters. The van der Waals surface area contributed by atoms with Crippen LogP contribution in [0.5, 0.6) is 0 Å². The molecule has 0 saturated carbocycles. The van der Waals surface area contributed by atoms with E-state index >= 15 is 0 Å². The van der Waals surface area contributed by atoms with Crippen LogP contribution in [0.3, 0.4) is 0 Å². The van der Waals surface area contributed by atoms with Crippen molar-refractivity contribution in [1.82, 2.24) is 0 Å². The molecule has 0 radical (unpaired) electrons. The van der Waals surface area contributed by atoms with Crippen molar-refractivity contribution in [2.75, 3.05) is 11.9 Å². The fourth-order valence-corrected chi connectivity index (χ4v) is 4.74. The van der Waals surface area contributed by atoms with Gasteiger partial charge in [-0.15, -0.1) is 0 Å². The number of rotatable bonds is 6. The van der Waals surface area contributed by atoms with Crippen molar-refractivity contribution in [2.24, 2.45) is 4.99 Å². The van der Waals surface area contributed by atoms with E-state index in [9.17, 15) is 22.4 Å². The van der Waals surface area contributed by atoms with Crippen molar-refractivity contribution < 1.29 is 27.5 Å². The van der Waals surface area contributed by atoms with Gasteiger partial charge in [0.15, 0.2) is 0 Å². The number of fused-ring (bicyclic) bond motifs is 1. The van der Waals surface area contributed by atoms with E-state index in [1.165, 1.54) is 36.2 Å². The Hall–Kier alpha value is -3.07. The molecule has 1 aromatic rings. The molecule has 9 heteroatoms. The molecule has 0 aromatic heterocycles. The van der Waals surface area contributed by atoms with Crippen LogP contribution in [0.4, 0.5) is 10.1 Å². The molecular weight excluding hydrogens is 387 g/mol. The summed E-state index contributed by atoms with van der Waals surface area (Å²) in [5.74, 6) is -2.09. The Kier molecular flexibility index (Phi) is 5.03. The first-order valence-electron chi connectivity index (χ1n) is 8.30. The molecule has 1 aromatic carbocycles. The van der Waals surface area contributed by atoms with E-state index in [-0.39, 0.29) is 22.5 Å². The zero-order valence-corrected chi connectivity index (χ0v) is 16.0. The predicted octanol–water partition coefficient (Wildman–Crippen LogP) is 2.77. The van der Waals surface area contributed by atoms with Crippen LogP contribution in [0, 0.1) is 0 Å². The Balaban J connectivity index is 2.17. The lowest BCUT2D eigenvalue weighted by atomic mass is 9.94. The third-order valence-electron chi connectivity index (χ3n) is 4.56. The number of carbonyl (C=O) groups is 2. The van der Waals surface area contributed by atoms with Crippen LogP contribution in [0.2, 0.25) is 0 Å². The summed E-state index contributed by atoms with van der Waals surface area (Å²) >= 11 is 0. The van der Waals surface area contributed by atoms with E-state index in [2.05, 4.69) is 4.99 Å². The summed E-state index contributed by atoms with van der Waals surface area (Å²) in [6.45, 7) is 1.57. The lowest BCUT2D eigenvalue weighted by Crippen LogP contribution is -2.18. The van der Waals surface area contributed by atoms with Gasteiger partial charge in [0.05, 0.1) is 17.0 Å². The first-order chi connectivity index (χ1) is 13.2. The number of hydrogen-bond donors (Lipinski definition) is 1. The number of aliphatic imine (C=N–C) groups is 1. The average molecular weight is 404 g/mol. The van der Waals surface area contributed by atoms with E-state index in [0.717, 1.165) is 6.08 Å². The van der Waals surface area contributed by atoms with Crippen molar-refractivity contribution >= 4 is 33.6 Å². The topological polar surface area (TPSA) is 104 Å². The summed E-state index contributed by atoms with van der Waals surface area (Å²) in [5, 5.41) is 9.16. The highest BCUT2D eigenvalue weighted by Gasteiger charge is 2.37. The minimum Gasteiger partial charge on any atom is -0.481 e. The number of anilines is 1. The van der Waals surface area contributed by atoms with Crippen molar-refractivity contribution in [3.63, 3.8) is 0 Å². The fraction of sp³-hybridized carbons (Fsp3) is 0.211. The molecule has 0 spiro atoms. The van der Waals surface area contributed by atoms with E-state index in [0.29, 0.717) is 23.5 Å². The number of carboxylic acid groups (broad SMARTS) is 1. The minimum atomic E-state index is -4.29. The highest BCUT2D eigenvalue weighted by molar-refractivity contribution is 7.95. The Morgan fingerprint density at radius 1 is 1.32 bits per heavy atom. The van der Waals surface area contributed by atoms with Crippen LogP contribution in [0.15, 0.2) is 67.8 Å². The van der Waals surface area contributed by atoms with E-state index in [1.807, 2.05) is 0 Å². The minimum absolute atomic E-state index is 0.0361. The van der Waals surface area contributed by atoms with Gasteiger partial charge >= 0.3 is 5.97 Å². The molecule has 0 atom stereocenters. The van der Waals surface area contributed by atoms with Gasteiger partial charge in [0.25, 0.3) is 0 Å². The zero-order chi connectivity index (χ0) is 20.6. The molecule has 1 heterocycles. The largest absolute Gasteiger partial charge is 0.481 e. The number of halogens is 1. The Labute approximate surface area is 161 Å². The second-order valence-corrected chi connectivity index (χ2v) is 8.25. The smallest absolute Gasteiger partial charge is 0.307 e. The van der Waals surface area contributed by atoms with Crippen molar-refractivity contribution in [3.05, 3.63) is 57.9 Å². The molecule has 7 nitrogen and oxygen atoms in total.